The van der Waals surface area contributed by atoms with Crippen LogP contribution in [0.4, 0.5) is 0 Å². The van der Waals surface area contributed by atoms with Crippen molar-refractivity contribution in [3.8, 4) is 6.07 Å². The molecule has 0 aromatic rings. The van der Waals surface area contributed by atoms with Crippen molar-refractivity contribution < 1.29 is 14.3 Å². The SMILES string of the molecule is N#CCC1CN(CCN2CCOCC2)C(=O)CO1. The first kappa shape index (κ1) is 13.3. The molecule has 18 heavy (non-hydrogen) atoms. The number of nitriles is 1. The van der Waals surface area contributed by atoms with Crippen molar-refractivity contribution in [2.75, 3.05) is 52.5 Å². The highest BCUT2D eigenvalue weighted by Gasteiger charge is 2.26. The lowest BCUT2D eigenvalue weighted by Gasteiger charge is -2.34. The predicted octanol–water partition coefficient (Wildman–Crippen LogP) is -0.540. The smallest absolute Gasteiger partial charge is 0.248 e. The molecule has 2 heterocycles. The molecule has 0 aliphatic carbocycles. The predicted molar refractivity (Wildman–Crippen MR) is 63.8 cm³/mol. The molecule has 2 fully saturated rings. The first-order chi connectivity index (χ1) is 8.79. The molecular formula is C12H19N3O3. The van der Waals surface area contributed by atoms with E-state index in [9.17, 15) is 4.79 Å². The Bertz CT molecular complexity index is 323. The number of amides is 1. The summed E-state index contributed by atoms with van der Waals surface area (Å²) in [5, 5.41) is 8.65. The van der Waals surface area contributed by atoms with Gasteiger partial charge in [0.1, 0.15) is 6.61 Å². The van der Waals surface area contributed by atoms with Gasteiger partial charge in [-0.05, 0) is 0 Å². The Morgan fingerprint density at radius 3 is 2.83 bits per heavy atom. The number of rotatable bonds is 4. The molecule has 0 aromatic heterocycles. The third-order valence-corrected chi connectivity index (χ3v) is 3.33. The molecular weight excluding hydrogens is 234 g/mol. The molecule has 6 nitrogen and oxygen atoms in total. The van der Waals surface area contributed by atoms with Crippen molar-refractivity contribution >= 4 is 5.91 Å². The van der Waals surface area contributed by atoms with E-state index in [2.05, 4.69) is 11.0 Å². The van der Waals surface area contributed by atoms with E-state index in [0.29, 0.717) is 19.5 Å². The van der Waals surface area contributed by atoms with Crippen LogP contribution in [0.3, 0.4) is 0 Å². The van der Waals surface area contributed by atoms with Crippen molar-refractivity contribution in [1.82, 2.24) is 9.80 Å². The molecule has 0 saturated carbocycles. The second kappa shape index (κ2) is 6.69. The molecule has 2 aliphatic rings. The molecule has 2 rings (SSSR count). The van der Waals surface area contributed by atoms with Gasteiger partial charge in [0.25, 0.3) is 0 Å². The van der Waals surface area contributed by atoms with E-state index in [0.717, 1.165) is 32.8 Å². The topological polar surface area (TPSA) is 65.8 Å². The molecule has 6 heteroatoms. The van der Waals surface area contributed by atoms with Gasteiger partial charge in [-0.3, -0.25) is 9.69 Å². The number of morpholine rings is 2. The van der Waals surface area contributed by atoms with Crippen molar-refractivity contribution in [2.45, 2.75) is 12.5 Å². The summed E-state index contributed by atoms with van der Waals surface area (Å²) in [6, 6.07) is 2.09. The van der Waals surface area contributed by atoms with E-state index >= 15 is 0 Å². The van der Waals surface area contributed by atoms with Crippen molar-refractivity contribution in [1.29, 1.82) is 5.26 Å². The lowest BCUT2D eigenvalue weighted by molar-refractivity contribution is -0.148. The number of hydrogen-bond donors (Lipinski definition) is 0. The summed E-state index contributed by atoms with van der Waals surface area (Å²) in [5.41, 5.74) is 0. The van der Waals surface area contributed by atoms with Gasteiger partial charge in [-0.25, -0.2) is 0 Å². The van der Waals surface area contributed by atoms with E-state index in [-0.39, 0.29) is 18.6 Å². The summed E-state index contributed by atoms with van der Waals surface area (Å²) in [4.78, 5) is 15.8. The van der Waals surface area contributed by atoms with Gasteiger partial charge < -0.3 is 14.4 Å². The van der Waals surface area contributed by atoms with Crippen molar-refractivity contribution in [3.05, 3.63) is 0 Å². The van der Waals surface area contributed by atoms with Crippen LogP contribution >= 0.6 is 0 Å². The molecule has 2 aliphatic heterocycles. The third kappa shape index (κ3) is 3.67. The van der Waals surface area contributed by atoms with Gasteiger partial charge in [-0.15, -0.1) is 0 Å². The van der Waals surface area contributed by atoms with E-state index in [1.165, 1.54) is 0 Å². The Morgan fingerprint density at radius 1 is 1.33 bits per heavy atom. The zero-order valence-corrected chi connectivity index (χ0v) is 10.5. The zero-order chi connectivity index (χ0) is 12.8. The summed E-state index contributed by atoms with van der Waals surface area (Å²) in [6.45, 7) is 5.63. The fraction of sp³-hybridized carbons (Fsp3) is 0.833. The molecule has 0 N–H and O–H groups in total. The van der Waals surface area contributed by atoms with Gasteiger partial charge >= 0.3 is 0 Å². The van der Waals surface area contributed by atoms with Gasteiger partial charge in [-0.2, -0.15) is 5.26 Å². The molecule has 2 saturated heterocycles. The van der Waals surface area contributed by atoms with E-state index in [1.54, 1.807) is 4.90 Å². The first-order valence-corrected chi connectivity index (χ1v) is 6.36. The van der Waals surface area contributed by atoms with E-state index in [4.69, 9.17) is 14.7 Å². The minimum atomic E-state index is -0.127. The normalized spacial score (nSPS) is 26.1. The van der Waals surface area contributed by atoms with Gasteiger partial charge in [0.05, 0.1) is 31.8 Å². The van der Waals surface area contributed by atoms with Crippen LogP contribution < -0.4 is 0 Å². The van der Waals surface area contributed by atoms with Crippen molar-refractivity contribution in [2.24, 2.45) is 0 Å². The maximum Gasteiger partial charge on any atom is 0.248 e. The van der Waals surface area contributed by atoms with E-state index < -0.39 is 0 Å². The van der Waals surface area contributed by atoms with E-state index in [1.807, 2.05) is 0 Å². The molecule has 0 aromatic carbocycles. The van der Waals surface area contributed by atoms with Crippen LogP contribution in [0.25, 0.3) is 0 Å². The standard InChI is InChI=1S/C12H19N3O3/c13-2-1-11-9-15(12(16)10-18-11)4-3-14-5-7-17-8-6-14/h11H,1,3-10H2. The molecule has 0 bridgehead atoms. The Balaban J connectivity index is 1.75. The summed E-state index contributed by atoms with van der Waals surface area (Å²) in [7, 11) is 0. The van der Waals surface area contributed by atoms with Crippen LogP contribution in [0, 0.1) is 11.3 Å². The average Bonchev–Trinajstić information content (AvgIpc) is 2.41. The van der Waals surface area contributed by atoms with Gasteiger partial charge in [0.15, 0.2) is 0 Å². The number of hydrogen-bond acceptors (Lipinski definition) is 5. The number of carbonyl (C=O) groups is 1. The minimum absolute atomic E-state index is 0.0254. The molecule has 1 unspecified atom stereocenters. The monoisotopic (exact) mass is 253 g/mol. The van der Waals surface area contributed by atoms with Crippen LogP contribution in [0.2, 0.25) is 0 Å². The first-order valence-electron chi connectivity index (χ1n) is 6.36. The van der Waals surface area contributed by atoms with Gasteiger partial charge in [0.2, 0.25) is 5.91 Å². The molecule has 0 spiro atoms. The molecule has 0 radical (unpaired) electrons. The highest BCUT2D eigenvalue weighted by atomic mass is 16.5. The summed E-state index contributed by atoms with van der Waals surface area (Å²) < 4.78 is 10.6. The number of ether oxygens (including phenoxy) is 2. The van der Waals surface area contributed by atoms with Gasteiger partial charge in [-0.1, -0.05) is 0 Å². The van der Waals surface area contributed by atoms with Crippen LogP contribution in [-0.2, 0) is 14.3 Å². The zero-order valence-electron chi connectivity index (χ0n) is 10.5. The highest BCUT2D eigenvalue weighted by Crippen LogP contribution is 2.09. The van der Waals surface area contributed by atoms with Crippen LogP contribution in [0.1, 0.15) is 6.42 Å². The summed E-state index contributed by atoms with van der Waals surface area (Å²) in [5.74, 6) is 0.0254. The maximum absolute atomic E-state index is 11.7. The minimum Gasteiger partial charge on any atom is -0.379 e. The Hall–Kier alpha value is -1.16. The number of nitrogens with zero attached hydrogens (tertiary/aromatic N) is 3. The largest absolute Gasteiger partial charge is 0.379 e. The summed E-state index contributed by atoms with van der Waals surface area (Å²) in [6.07, 6.45) is 0.221. The number of carbonyl (C=O) groups excluding carboxylic acids is 1. The Morgan fingerprint density at radius 2 is 2.11 bits per heavy atom. The van der Waals surface area contributed by atoms with Crippen molar-refractivity contribution in [3.63, 3.8) is 0 Å². The quantitative estimate of drug-likeness (QED) is 0.673. The maximum atomic E-state index is 11.7. The van der Waals surface area contributed by atoms with Crippen LogP contribution in [0.15, 0.2) is 0 Å². The second-order valence-corrected chi connectivity index (χ2v) is 4.59. The molecule has 1 atom stereocenters. The average molecular weight is 253 g/mol. The lowest BCUT2D eigenvalue weighted by Crippen LogP contribution is -2.50. The fourth-order valence-corrected chi connectivity index (χ4v) is 2.21. The Labute approximate surface area is 107 Å². The fourth-order valence-electron chi connectivity index (χ4n) is 2.21. The Kier molecular flexibility index (Phi) is 4.93. The molecule has 100 valence electrons. The molecule has 1 amide bonds. The van der Waals surface area contributed by atoms with Gasteiger partial charge in [0, 0.05) is 32.7 Å². The lowest BCUT2D eigenvalue weighted by atomic mass is 10.2. The van der Waals surface area contributed by atoms with Crippen LogP contribution in [0.5, 0.6) is 0 Å². The summed E-state index contributed by atoms with van der Waals surface area (Å²) >= 11 is 0. The third-order valence-electron chi connectivity index (χ3n) is 3.33. The highest BCUT2D eigenvalue weighted by molar-refractivity contribution is 5.78. The second-order valence-electron chi connectivity index (χ2n) is 4.59. The van der Waals surface area contributed by atoms with Crippen LogP contribution in [-0.4, -0.2) is 74.4 Å².